The number of aryl methyl sites for hydroxylation is 1. The zero-order valence-corrected chi connectivity index (χ0v) is 15.7. The van der Waals surface area contributed by atoms with Crippen LogP contribution in [0, 0.1) is 3.57 Å². The fourth-order valence-electron chi connectivity index (χ4n) is 3.05. The molecule has 0 aliphatic carbocycles. The predicted octanol–water partition coefficient (Wildman–Crippen LogP) is 5.50. The summed E-state index contributed by atoms with van der Waals surface area (Å²) in [6.07, 6.45) is 5.42. The highest BCUT2D eigenvalue weighted by Gasteiger charge is 2.18. The summed E-state index contributed by atoms with van der Waals surface area (Å²) in [6, 6.07) is 16.5. The van der Waals surface area contributed by atoms with E-state index in [0.717, 1.165) is 35.3 Å². The van der Waals surface area contributed by atoms with Gasteiger partial charge in [0, 0.05) is 11.8 Å². The van der Waals surface area contributed by atoms with Gasteiger partial charge in [-0.05, 0) is 47.6 Å². The van der Waals surface area contributed by atoms with Crippen LogP contribution in [0.2, 0.25) is 0 Å². The van der Waals surface area contributed by atoms with Crippen LogP contribution >= 0.6 is 22.6 Å². The highest BCUT2D eigenvalue weighted by Crippen LogP contribution is 2.32. The van der Waals surface area contributed by atoms with E-state index in [4.69, 9.17) is 9.97 Å². The Hall–Kier alpha value is -1.95. The van der Waals surface area contributed by atoms with Gasteiger partial charge in [-0.15, -0.1) is 0 Å². The first kappa shape index (κ1) is 15.6. The monoisotopic (exact) mass is 427 g/mol. The quantitative estimate of drug-likeness (QED) is 0.403. The Morgan fingerprint density at radius 2 is 1.79 bits per heavy atom. The number of halogens is 1. The van der Waals surface area contributed by atoms with Crippen LogP contribution in [0.3, 0.4) is 0 Å². The number of benzene rings is 1. The number of rotatable bonds is 4. The smallest absolute Gasteiger partial charge is 0.138 e. The SMILES string of the molecule is CCCCc1nc(-c2ccccc2)c2nc3ccccn3c2c1I. The Bertz CT molecular complexity index is 1010. The molecule has 0 unspecified atom stereocenters. The third-order valence-electron chi connectivity index (χ3n) is 4.28. The summed E-state index contributed by atoms with van der Waals surface area (Å²) in [5.74, 6) is 0. The zero-order chi connectivity index (χ0) is 16.5. The Morgan fingerprint density at radius 1 is 1.00 bits per heavy atom. The average molecular weight is 427 g/mol. The van der Waals surface area contributed by atoms with Crippen LogP contribution in [-0.4, -0.2) is 14.4 Å². The highest BCUT2D eigenvalue weighted by atomic mass is 127. The Labute approximate surface area is 154 Å². The molecule has 0 aliphatic heterocycles. The van der Waals surface area contributed by atoms with Crippen molar-refractivity contribution >= 4 is 39.3 Å². The van der Waals surface area contributed by atoms with Crippen molar-refractivity contribution < 1.29 is 0 Å². The van der Waals surface area contributed by atoms with Crippen LogP contribution in [0.5, 0.6) is 0 Å². The molecule has 0 fully saturated rings. The zero-order valence-electron chi connectivity index (χ0n) is 13.5. The topological polar surface area (TPSA) is 30.2 Å². The van der Waals surface area contributed by atoms with Crippen molar-refractivity contribution in [3.63, 3.8) is 0 Å². The lowest BCUT2D eigenvalue weighted by atomic mass is 10.1. The lowest BCUT2D eigenvalue weighted by Gasteiger charge is -2.10. The van der Waals surface area contributed by atoms with E-state index in [1.54, 1.807) is 0 Å². The van der Waals surface area contributed by atoms with Gasteiger partial charge in [0.1, 0.15) is 11.2 Å². The van der Waals surface area contributed by atoms with E-state index in [2.05, 4.69) is 76.5 Å². The normalized spacial score (nSPS) is 11.4. The van der Waals surface area contributed by atoms with E-state index >= 15 is 0 Å². The molecule has 4 rings (SSSR count). The van der Waals surface area contributed by atoms with Gasteiger partial charge in [-0.1, -0.05) is 49.7 Å². The summed E-state index contributed by atoms with van der Waals surface area (Å²) in [7, 11) is 0. The van der Waals surface area contributed by atoms with Crippen molar-refractivity contribution in [3.05, 3.63) is 64.0 Å². The number of unbranched alkanes of at least 4 members (excludes halogenated alkanes) is 1. The van der Waals surface area contributed by atoms with Crippen molar-refractivity contribution in [3.8, 4) is 11.3 Å². The molecule has 3 heterocycles. The minimum Gasteiger partial charge on any atom is -0.298 e. The minimum absolute atomic E-state index is 0.969. The molecule has 4 heteroatoms. The lowest BCUT2D eigenvalue weighted by molar-refractivity contribution is 0.775. The second kappa shape index (κ2) is 6.51. The van der Waals surface area contributed by atoms with Crippen molar-refractivity contribution in [1.82, 2.24) is 14.4 Å². The lowest BCUT2D eigenvalue weighted by Crippen LogP contribution is -2.00. The first-order valence-corrected chi connectivity index (χ1v) is 9.38. The number of aromatic nitrogens is 3. The Kier molecular flexibility index (Phi) is 4.22. The maximum Gasteiger partial charge on any atom is 0.138 e. The molecule has 0 N–H and O–H groups in total. The van der Waals surface area contributed by atoms with E-state index in [-0.39, 0.29) is 0 Å². The van der Waals surface area contributed by atoms with Crippen molar-refractivity contribution in [2.75, 3.05) is 0 Å². The molecule has 3 aromatic heterocycles. The predicted molar refractivity (Wildman–Crippen MR) is 107 cm³/mol. The molecule has 24 heavy (non-hydrogen) atoms. The molecule has 120 valence electrons. The van der Waals surface area contributed by atoms with Crippen LogP contribution in [0.25, 0.3) is 27.9 Å². The van der Waals surface area contributed by atoms with Gasteiger partial charge in [-0.25, -0.2) is 9.97 Å². The highest BCUT2D eigenvalue weighted by molar-refractivity contribution is 14.1. The third kappa shape index (κ3) is 2.59. The first-order chi connectivity index (χ1) is 11.8. The van der Waals surface area contributed by atoms with Gasteiger partial charge < -0.3 is 0 Å². The molecular formula is C20H18IN3. The number of hydrogen-bond donors (Lipinski definition) is 0. The molecule has 0 aliphatic rings. The standard InChI is InChI=1S/C20H18IN3/c1-2-3-11-15-17(21)20-19(23-16-12-7-8-13-24(16)20)18(22-15)14-9-5-4-6-10-14/h4-10,12-13H,2-3,11H2,1H3. The molecule has 4 aromatic rings. The van der Waals surface area contributed by atoms with E-state index < -0.39 is 0 Å². The maximum absolute atomic E-state index is 5.02. The molecule has 1 aromatic carbocycles. The van der Waals surface area contributed by atoms with E-state index in [1.807, 2.05) is 12.1 Å². The second-order valence-electron chi connectivity index (χ2n) is 5.93. The fraction of sp³-hybridized carbons (Fsp3) is 0.200. The van der Waals surface area contributed by atoms with E-state index in [0.29, 0.717) is 0 Å². The summed E-state index contributed by atoms with van der Waals surface area (Å²) >= 11 is 2.44. The molecule has 0 atom stereocenters. The van der Waals surface area contributed by atoms with Crippen molar-refractivity contribution in [1.29, 1.82) is 0 Å². The number of imidazole rings is 1. The second-order valence-corrected chi connectivity index (χ2v) is 7.01. The Balaban J connectivity index is 2.08. The molecule has 0 radical (unpaired) electrons. The van der Waals surface area contributed by atoms with Gasteiger partial charge >= 0.3 is 0 Å². The number of hydrogen-bond acceptors (Lipinski definition) is 2. The summed E-state index contributed by atoms with van der Waals surface area (Å²) < 4.78 is 3.40. The van der Waals surface area contributed by atoms with Gasteiger partial charge in [0.05, 0.1) is 20.5 Å². The molecular weight excluding hydrogens is 409 g/mol. The first-order valence-electron chi connectivity index (χ1n) is 8.30. The van der Waals surface area contributed by atoms with Gasteiger partial charge in [0.2, 0.25) is 0 Å². The number of nitrogens with zero attached hydrogens (tertiary/aromatic N) is 3. The van der Waals surface area contributed by atoms with Crippen LogP contribution in [0.1, 0.15) is 25.5 Å². The number of pyridine rings is 2. The minimum atomic E-state index is 0.969. The van der Waals surface area contributed by atoms with Crippen molar-refractivity contribution in [2.24, 2.45) is 0 Å². The molecule has 0 saturated carbocycles. The van der Waals surface area contributed by atoms with Crippen LogP contribution < -0.4 is 0 Å². The van der Waals surface area contributed by atoms with Crippen molar-refractivity contribution in [2.45, 2.75) is 26.2 Å². The largest absolute Gasteiger partial charge is 0.298 e. The summed E-state index contributed by atoms with van der Waals surface area (Å²) in [6.45, 7) is 2.22. The van der Waals surface area contributed by atoms with Gasteiger partial charge in [0.25, 0.3) is 0 Å². The van der Waals surface area contributed by atoms with Crippen LogP contribution in [0.15, 0.2) is 54.7 Å². The summed E-state index contributed by atoms with van der Waals surface area (Å²) in [4.78, 5) is 9.89. The van der Waals surface area contributed by atoms with Gasteiger partial charge in [0.15, 0.2) is 0 Å². The molecule has 0 saturated heterocycles. The van der Waals surface area contributed by atoms with Gasteiger partial charge in [-0.3, -0.25) is 4.40 Å². The third-order valence-corrected chi connectivity index (χ3v) is 5.41. The molecule has 0 bridgehead atoms. The average Bonchev–Trinajstić information content (AvgIpc) is 3.02. The summed E-state index contributed by atoms with van der Waals surface area (Å²) in [5.41, 5.74) is 6.41. The van der Waals surface area contributed by atoms with E-state index in [9.17, 15) is 0 Å². The van der Waals surface area contributed by atoms with Crippen LogP contribution in [-0.2, 0) is 6.42 Å². The van der Waals surface area contributed by atoms with E-state index in [1.165, 1.54) is 21.2 Å². The molecule has 0 spiro atoms. The summed E-state index contributed by atoms with van der Waals surface area (Å²) in [5, 5.41) is 0. The Morgan fingerprint density at radius 3 is 2.58 bits per heavy atom. The van der Waals surface area contributed by atoms with Gasteiger partial charge in [-0.2, -0.15) is 0 Å². The molecule has 3 nitrogen and oxygen atoms in total. The van der Waals surface area contributed by atoms with Crippen LogP contribution in [0.4, 0.5) is 0 Å². The maximum atomic E-state index is 5.02. The fourth-order valence-corrected chi connectivity index (χ4v) is 3.96. The molecule has 0 amide bonds. The number of fused-ring (bicyclic) bond motifs is 3.